The van der Waals surface area contributed by atoms with E-state index in [0.717, 1.165) is 66.4 Å². The van der Waals surface area contributed by atoms with E-state index in [-0.39, 0.29) is 6.04 Å². The van der Waals surface area contributed by atoms with Crippen LogP contribution in [0.4, 0.5) is 5.69 Å². The van der Waals surface area contributed by atoms with Gasteiger partial charge in [0, 0.05) is 22.7 Å². The van der Waals surface area contributed by atoms with Crippen molar-refractivity contribution in [3.63, 3.8) is 0 Å². The van der Waals surface area contributed by atoms with Gasteiger partial charge in [0.25, 0.3) is 0 Å². The zero-order valence-corrected chi connectivity index (χ0v) is 21.0. The Bertz CT molecular complexity index is 1120. The number of aromatic nitrogens is 1. The van der Waals surface area contributed by atoms with E-state index in [4.69, 9.17) is 15.2 Å². The molecule has 1 aromatic heterocycles. The van der Waals surface area contributed by atoms with Crippen LogP contribution in [-0.4, -0.2) is 74.7 Å². The predicted molar refractivity (Wildman–Crippen MR) is 138 cm³/mol. The molecule has 1 aliphatic heterocycles. The lowest BCUT2D eigenvalue weighted by molar-refractivity contribution is -0.908. The number of methoxy groups -OCH3 is 2. The highest BCUT2D eigenvalue weighted by molar-refractivity contribution is 5.98. The minimum atomic E-state index is -0.0648. The van der Waals surface area contributed by atoms with Crippen LogP contribution >= 0.6 is 0 Å². The van der Waals surface area contributed by atoms with E-state index in [9.17, 15) is 5.11 Å². The third-order valence-electron chi connectivity index (χ3n) is 7.57. The molecule has 0 radical (unpaired) electrons. The molecule has 0 amide bonds. The number of ether oxygens (including phenoxy) is 2. The number of hydrogen-bond acceptors (Lipinski definition) is 5. The quantitative estimate of drug-likeness (QED) is 0.466. The van der Waals surface area contributed by atoms with Gasteiger partial charge in [0.15, 0.2) is 17.4 Å². The molecular formula is C27H39N4O3+. The molecule has 7 heteroatoms. The standard InChI is InChI=1S/C27H38N4O3/c1-5-31(2)16-14-29(15-17-31)24-9-6-8-21-22(24)19-30(27(21)32)23(10-7-13-28)20-11-12-25(33-3)26(18-20)34-4/h6,8-9,11-12,18-19,23H,5,7,10,13-17,28H2,1-4H3/p+1/t23-/m1/s1. The Hall–Kier alpha value is -2.90. The van der Waals surface area contributed by atoms with Crippen LogP contribution in [0, 0.1) is 0 Å². The van der Waals surface area contributed by atoms with Gasteiger partial charge in [-0.05, 0) is 56.1 Å². The highest BCUT2D eigenvalue weighted by Gasteiger charge is 2.29. The normalized spacial score (nSPS) is 16.6. The van der Waals surface area contributed by atoms with Gasteiger partial charge >= 0.3 is 0 Å². The van der Waals surface area contributed by atoms with Crippen molar-refractivity contribution in [2.45, 2.75) is 25.8 Å². The summed E-state index contributed by atoms with van der Waals surface area (Å²) < 4.78 is 14.1. The smallest absolute Gasteiger partial charge is 0.199 e. The first-order valence-electron chi connectivity index (χ1n) is 12.3. The third-order valence-corrected chi connectivity index (χ3v) is 7.57. The fourth-order valence-corrected chi connectivity index (χ4v) is 5.08. The summed E-state index contributed by atoms with van der Waals surface area (Å²) in [5, 5.41) is 13.3. The van der Waals surface area contributed by atoms with Gasteiger partial charge < -0.3 is 34.3 Å². The van der Waals surface area contributed by atoms with E-state index < -0.39 is 0 Å². The number of nitrogens with two attached hydrogens (primary N) is 1. The van der Waals surface area contributed by atoms with Gasteiger partial charge in [-0.1, -0.05) is 12.1 Å². The molecule has 2 heterocycles. The highest BCUT2D eigenvalue weighted by atomic mass is 16.5. The minimum absolute atomic E-state index is 0.0648. The molecule has 4 rings (SSSR count). The van der Waals surface area contributed by atoms with Crippen molar-refractivity contribution in [2.24, 2.45) is 5.73 Å². The number of quaternary nitrogens is 1. The first-order valence-corrected chi connectivity index (χ1v) is 12.3. The van der Waals surface area contributed by atoms with Crippen molar-refractivity contribution < 1.29 is 19.1 Å². The van der Waals surface area contributed by atoms with Crippen LogP contribution in [0.1, 0.15) is 31.4 Å². The lowest BCUT2D eigenvalue weighted by Crippen LogP contribution is -2.57. The number of rotatable bonds is 9. The average molecular weight is 468 g/mol. The molecule has 0 bridgehead atoms. The molecule has 0 saturated carbocycles. The molecule has 0 unspecified atom stereocenters. The second kappa shape index (κ2) is 10.2. The Morgan fingerprint density at radius 1 is 1.06 bits per heavy atom. The maximum absolute atomic E-state index is 11.3. The van der Waals surface area contributed by atoms with Crippen LogP contribution < -0.4 is 20.1 Å². The molecule has 0 spiro atoms. The Morgan fingerprint density at radius 2 is 1.79 bits per heavy atom. The molecule has 0 aliphatic carbocycles. The molecule has 184 valence electrons. The van der Waals surface area contributed by atoms with E-state index in [0.29, 0.717) is 23.9 Å². The molecule has 3 aromatic rings. The molecule has 1 aliphatic rings. The summed E-state index contributed by atoms with van der Waals surface area (Å²) in [7, 11) is 5.62. The molecule has 1 saturated heterocycles. The second-order valence-corrected chi connectivity index (χ2v) is 9.53. The van der Waals surface area contributed by atoms with Gasteiger partial charge in [-0.15, -0.1) is 0 Å². The van der Waals surface area contributed by atoms with Crippen molar-refractivity contribution in [2.75, 3.05) is 65.4 Å². The van der Waals surface area contributed by atoms with Gasteiger partial charge in [-0.3, -0.25) is 0 Å². The largest absolute Gasteiger partial charge is 0.494 e. The van der Waals surface area contributed by atoms with Crippen molar-refractivity contribution in [1.29, 1.82) is 0 Å². The predicted octanol–water partition coefficient (Wildman–Crippen LogP) is 3.98. The number of nitrogens with zero attached hydrogens (tertiary/aromatic N) is 3. The van der Waals surface area contributed by atoms with E-state index in [1.807, 2.05) is 28.8 Å². The SMILES string of the molecule is CC[N+]1(C)CCN(c2cccc3c(O)n([C@H](CCCN)c4ccc(OC)c(OC)c4)cc23)CC1. The Kier molecular flexibility index (Phi) is 7.24. The van der Waals surface area contributed by atoms with Gasteiger partial charge in [0.1, 0.15) is 0 Å². The van der Waals surface area contributed by atoms with E-state index in [1.54, 1.807) is 14.2 Å². The van der Waals surface area contributed by atoms with Gasteiger partial charge in [-0.25, -0.2) is 0 Å². The maximum atomic E-state index is 11.3. The molecule has 34 heavy (non-hydrogen) atoms. The number of fused-ring (bicyclic) bond motifs is 1. The number of likely N-dealkylation sites (N-methyl/N-ethyl adjacent to an activating group) is 1. The summed E-state index contributed by atoms with van der Waals surface area (Å²) >= 11 is 0. The number of benzene rings is 2. The Balaban J connectivity index is 1.75. The van der Waals surface area contributed by atoms with Crippen molar-refractivity contribution >= 4 is 16.5 Å². The summed E-state index contributed by atoms with van der Waals surface area (Å²) in [5.74, 6) is 1.66. The molecular weight excluding hydrogens is 428 g/mol. The van der Waals surface area contributed by atoms with Crippen LogP contribution in [0.2, 0.25) is 0 Å². The fourth-order valence-electron chi connectivity index (χ4n) is 5.08. The zero-order chi connectivity index (χ0) is 24.3. The second-order valence-electron chi connectivity index (χ2n) is 9.53. The maximum Gasteiger partial charge on any atom is 0.199 e. The minimum Gasteiger partial charge on any atom is -0.494 e. The number of anilines is 1. The summed E-state index contributed by atoms with van der Waals surface area (Å²) in [6, 6.07) is 12.1. The Morgan fingerprint density at radius 3 is 2.44 bits per heavy atom. The van der Waals surface area contributed by atoms with E-state index >= 15 is 0 Å². The third kappa shape index (κ3) is 4.55. The first kappa shape index (κ1) is 24.2. The Labute approximate surface area is 202 Å². The molecule has 1 fully saturated rings. The lowest BCUT2D eigenvalue weighted by Gasteiger charge is -2.42. The summed E-state index contributed by atoms with van der Waals surface area (Å²) in [6.07, 6.45) is 3.77. The first-order chi connectivity index (χ1) is 16.4. The highest BCUT2D eigenvalue weighted by Crippen LogP contribution is 2.40. The van der Waals surface area contributed by atoms with E-state index in [1.165, 1.54) is 5.69 Å². The van der Waals surface area contributed by atoms with Crippen LogP contribution in [0.5, 0.6) is 17.4 Å². The van der Waals surface area contributed by atoms with E-state index in [2.05, 4.69) is 37.2 Å². The van der Waals surface area contributed by atoms with Crippen LogP contribution in [0.15, 0.2) is 42.6 Å². The lowest BCUT2D eigenvalue weighted by atomic mass is 10.0. The molecule has 2 aromatic carbocycles. The molecule has 7 nitrogen and oxygen atoms in total. The monoisotopic (exact) mass is 467 g/mol. The van der Waals surface area contributed by atoms with Crippen molar-refractivity contribution in [1.82, 2.24) is 4.57 Å². The zero-order valence-electron chi connectivity index (χ0n) is 21.0. The van der Waals surface area contributed by atoms with Crippen molar-refractivity contribution in [3.05, 3.63) is 48.2 Å². The molecule has 3 N–H and O–H groups in total. The van der Waals surface area contributed by atoms with Crippen molar-refractivity contribution in [3.8, 4) is 17.4 Å². The van der Waals surface area contributed by atoms with Crippen LogP contribution in [0.25, 0.3) is 10.8 Å². The molecule has 1 atom stereocenters. The fraction of sp³-hybridized carbons (Fsp3) is 0.481. The summed E-state index contributed by atoms with van der Waals surface area (Å²) in [6.45, 7) is 8.31. The topological polar surface area (TPSA) is 72.9 Å². The van der Waals surface area contributed by atoms with Gasteiger partial charge in [0.2, 0.25) is 0 Å². The van der Waals surface area contributed by atoms with Gasteiger partial charge in [-0.2, -0.15) is 0 Å². The number of aromatic hydroxyl groups is 1. The number of hydrogen-bond donors (Lipinski definition) is 2. The summed E-state index contributed by atoms with van der Waals surface area (Å²) in [5.41, 5.74) is 8.12. The number of piperazine rings is 1. The average Bonchev–Trinajstić information content (AvgIpc) is 3.21. The van der Waals surface area contributed by atoms with Gasteiger partial charge in [0.05, 0.1) is 60.0 Å². The van der Waals surface area contributed by atoms with Crippen LogP contribution in [-0.2, 0) is 0 Å². The summed E-state index contributed by atoms with van der Waals surface area (Å²) in [4.78, 5) is 2.47. The van der Waals surface area contributed by atoms with Crippen LogP contribution in [0.3, 0.4) is 0 Å².